The number of thiazole rings is 1. The van der Waals surface area contributed by atoms with Crippen molar-refractivity contribution >= 4 is 55.8 Å². The minimum atomic E-state index is -0.456. The highest BCUT2D eigenvalue weighted by atomic mass is 35.5. The summed E-state index contributed by atoms with van der Waals surface area (Å²) in [6, 6.07) is 12.7. The van der Waals surface area contributed by atoms with Crippen molar-refractivity contribution in [2.75, 3.05) is 23.9 Å². The van der Waals surface area contributed by atoms with Crippen LogP contribution in [0.5, 0.6) is 5.75 Å². The lowest BCUT2D eigenvalue weighted by Crippen LogP contribution is -2.28. The molecule has 8 heteroatoms. The van der Waals surface area contributed by atoms with Gasteiger partial charge in [-0.3, -0.25) is 9.59 Å². The van der Waals surface area contributed by atoms with Crippen molar-refractivity contribution in [1.29, 1.82) is 0 Å². The molecule has 0 radical (unpaired) electrons. The molecule has 1 atom stereocenters. The van der Waals surface area contributed by atoms with Crippen molar-refractivity contribution in [3.05, 3.63) is 47.5 Å². The quantitative estimate of drug-likeness (QED) is 0.718. The van der Waals surface area contributed by atoms with Crippen LogP contribution in [0.25, 0.3) is 10.2 Å². The number of aromatic nitrogens is 1. The molecule has 1 unspecified atom stereocenters. The van der Waals surface area contributed by atoms with Crippen LogP contribution < -0.4 is 15.0 Å². The highest BCUT2D eigenvalue weighted by Gasteiger charge is 2.36. The molecule has 1 aliphatic rings. The molecule has 6 nitrogen and oxygen atoms in total. The highest BCUT2D eigenvalue weighted by Crippen LogP contribution is 2.34. The second-order valence-corrected chi connectivity index (χ2v) is 7.61. The van der Waals surface area contributed by atoms with E-state index in [1.165, 1.54) is 11.3 Å². The van der Waals surface area contributed by atoms with E-state index in [0.29, 0.717) is 33.7 Å². The Bertz CT molecular complexity index is 1040. The minimum Gasteiger partial charge on any atom is -0.494 e. The maximum atomic E-state index is 12.7. The average molecular weight is 402 g/mol. The fraction of sp³-hybridized carbons (Fsp3) is 0.211. The molecule has 1 fully saturated rings. The smallest absolute Gasteiger partial charge is 0.231 e. The number of carbonyl (C=O) groups is 2. The van der Waals surface area contributed by atoms with Crippen LogP contribution in [-0.2, 0) is 9.59 Å². The molecule has 1 aliphatic heterocycles. The van der Waals surface area contributed by atoms with Crippen LogP contribution in [0, 0.1) is 5.92 Å². The third kappa shape index (κ3) is 3.36. The van der Waals surface area contributed by atoms with Gasteiger partial charge in [-0.25, -0.2) is 4.98 Å². The molecule has 2 heterocycles. The van der Waals surface area contributed by atoms with Gasteiger partial charge < -0.3 is 15.0 Å². The van der Waals surface area contributed by atoms with Gasteiger partial charge in [-0.15, -0.1) is 0 Å². The zero-order valence-electron chi connectivity index (χ0n) is 14.4. The molecule has 0 spiro atoms. The Morgan fingerprint density at radius 1 is 1.30 bits per heavy atom. The van der Waals surface area contributed by atoms with Gasteiger partial charge in [0.1, 0.15) is 11.3 Å². The fourth-order valence-electron chi connectivity index (χ4n) is 3.14. The first kappa shape index (κ1) is 17.8. The first-order valence-corrected chi connectivity index (χ1v) is 9.55. The number of nitrogens with zero attached hydrogens (tertiary/aromatic N) is 2. The zero-order chi connectivity index (χ0) is 19.0. The topological polar surface area (TPSA) is 71.5 Å². The van der Waals surface area contributed by atoms with Crippen molar-refractivity contribution < 1.29 is 14.3 Å². The number of methoxy groups -OCH3 is 1. The molecule has 1 aromatic heterocycles. The van der Waals surface area contributed by atoms with Gasteiger partial charge in [0, 0.05) is 13.0 Å². The summed E-state index contributed by atoms with van der Waals surface area (Å²) < 4.78 is 6.22. The monoisotopic (exact) mass is 401 g/mol. The number of carbonyl (C=O) groups excluding carboxylic acids is 2. The normalized spacial score (nSPS) is 16.7. The Kier molecular flexibility index (Phi) is 4.72. The van der Waals surface area contributed by atoms with E-state index in [9.17, 15) is 9.59 Å². The van der Waals surface area contributed by atoms with Gasteiger partial charge in [-0.2, -0.15) is 0 Å². The SMILES string of the molecule is COc1cccc2sc(NC(=O)C3CC(=O)N(c4ccccc4Cl)C3)nc12. The number of halogens is 1. The molecule has 1 saturated heterocycles. The average Bonchev–Trinajstić information content (AvgIpc) is 3.25. The van der Waals surface area contributed by atoms with E-state index in [1.807, 2.05) is 24.3 Å². The van der Waals surface area contributed by atoms with E-state index in [-0.39, 0.29) is 18.2 Å². The van der Waals surface area contributed by atoms with Crippen LogP contribution in [0.3, 0.4) is 0 Å². The largest absolute Gasteiger partial charge is 0.494 e. The predicted octanol–water partition coefficient (Wildman–Crippen LogP) is 3.95. The van der Waals surface area contributed by atoms with Gasteiger partial charge in [-0.05, 0) is 24.3 Å². The molecular formula is C19H16ClN3O3S. The van der Waals surface area contributed by atoms with Gasteiger partial charge in [0.2, 0.25) is 11.8 Å². The van der Waals surface area contributed by atoms with E-state index >= 15 is 0 Å². The number of rotatable bonds is 4. The van der Waals surface area contributed by atoms with Crippen LogP contribution >= 0.6 is 22.9 Å². The molecule has 0 aliphatic carbocycles. The number of hydrogen-bond donors (Lipinski definition) is 1. The molecule has 0 saturated carbocycles. The highest BCUT2D eigenvalue weighted by molar-refractivity contribution is 7.22. The van der Waals surface area contributed by atoms with Gasteiger partial charge in [0.15, 0.2) is 5.13 Å². The third-order valence-corrected chi connectivity index (χ3v) is 5.73. The maximum Gasteiger partial charge on any atom is 0.231 e. The van der Waals surface area contributed by atoms with Crippen LogP contribution in [-0.4, -0.2) is 30.5 Å². The summed E-state index contributed by atoms with van der Waals surface area (Å²) in [6.07, 6.45) is 0.144. The summed E-state index contributed by atoms with van der Waals surface area (Å²) in [5.41, 5.74) is 1.34. The van der Waals surface area contributed by atoms with E-state index in [0.717, 1.165) is 4.70 Å². The first-order valence-electron chi connectivity index (χ1n) is 8.36. The second kappa shape index (κ2) is 7.17. The number of para-hydroxylation sites is 2. The van der Waals surface area contributed by atoms with Crippen molar-refractivity contribution in [1.82, 2.24) is 4.98 Å². The standard InChI is InChI=1S/C19H16ClN3O3S/c1-26-14-7-4-8-15-17(14)21-19(27-15)22-18(25)11-9-16(24)23(10-11)13-6-3-2-5-12(13)20/h2-8,11H,9-10H2,1H3,(H,21,22,25). The van der Waals surface area contributed by atoms with Gasteiger partial charge in [-0.1, -0.05) is 41.1 Å². The molecule has 1 N–H and O–H groups in total. The van der Waals surface area contributed by atoms with Crippen LogP contribution in [0.15, 0.2) is 42.5 Å². The Morgan fingerprint density at radius 2 is 2.11 bits per heavy atom. The van der Waals surface area contributed by atoms with Crippen LogP contribution in [0.2, 0.25) is 5.02 Å². The van der Waals surface area contributed by atoms with Crippen LogP contribution in [0.1, 0.15) is 6.42 Å². The van der Waals surface area contributed by atoms with Crippen molar-refractivity contribution in [2.45, 2.75) is 6.42 Å². The molecule has 0 bridgehead atoms. The van der Waals surface area contributed by atoms with E-state index < -0.39 is 5.92 Å². The number of amides is 2. The van der Waals surface area contributed by atoms with E-state index in [1.54, 1.807) is 30.2 Å². The first-order chi connectivity index (χ1) is 13.1. The van der Waals surface area contributed by atoms with E-state index in [4.69, 9.17) is 16.3 Å². The summed E-state index contributed by atoms with van der Waals surface area (Å²) >= 11 is 7.56. The lowest BCUT2D eigenvalue weighted by molar-refractivity contribution is -0.122. The molecule has 3 aromatic rings. The maximum absolute atomic E-state index is 12.7. The lowest BCUT2D eigenvalue weighted by atomic mass is 10.1. The summed E-state index contributed by atoms with van der Waals surface area (Å²) in [7, 11) is 1.58. The Labute approximate surface area is 164 Å². The molecule has 138 valence electrons. The number of ether oxygens (including phenoxy) is 1. The second-order valence-electron chi connectivity index (χ2n) is 6.17. The molecule has 4 rings (SSSR count). The van der Waals surface area contributed by atoms with Crippen molar-refractivity contribution in [3.8, 4) is 5.75 Å². The van der Waals surface area contributed by atoms with Crippen molar-refractivity contribution in [2.24, 2.45) is 5.92 Å². The summed E-state index contributed by atoms with van der Waals surface area (Å²) in [5.74, 6) is -0.141. The number of benzene rings is 2. The van der Waals surface area contributed by atoms with Gasteiger partial charge in [0.25, 0.3) is 0 Å². The summed E-state index contributed by atoms with van der Waals surface area (Å²) in [4.78, 5) is 31.1. The number of nitrogens with one attached hydrogen (secondary N) is 1. The molecule has 2 aromatic carbocycles. The predicted molar refractivity (Wildman–Crippen MR) is 107 cm³/mol. The third-order valence-electron chi connectivity index (χ3n) is 4.47. The summed E-state index contributed by atoms with van der Waals surface area (Å²) in [6.45, 7) is 0.294. The van der Waals surface area contributed by atoms with E-state index in [2.05, 4.69) is 10.3 Å². The number of fused-ring (bicyclic) bond motifs is 1. The van der Waals surface area contributed by atoms with Crippen molar-refractivity contribution in [3.63, 3.8) is 0 Å². The number of hydrogen-bond acceptors (Lipinski definition) is 5. The zero-order valence-corrected chi connectivity index (χ0v) is 16.0. The molecular weight excluding hydrogens is 386 g/mol. The fourth-order valence-corrected chi connectivity index (χ4v) is 4.26. The Balaban J connectivity index is 1.51. The van der Waals surface area contributed by atoms with Crippen LogP contribution in [0.4, 0.5) is 10.8 Å². The molecule has 2 amide bonds. The Hall–Kier alpha value is -2.64. The lowest BCUT2D eigenvalue weighted by Gasteiger charge is -2.17. The minimum absolute atomic E-state index is 0.116. The summed E-state index contributed by atoms with van der Waals surface area (Å²) in [5, 5.41) is 3.81. The Morgan fingerprint density at radius 3 is 2.89 bits per heavy atom. The number of anilines is 2. The van der Waals surface area contributed by atoms with Gasteiger partial charge >= 0.3 is 0 Å². The van der Waals surface area contributed by atoms with Gasteiger partial charge in [0.05, 0.1) is 28.4 Å². The molecule has 27 heavy (non-hydrogen) atoms.